The minimum atomic E-state index is -0.395. The zero-order valence-electron chi connectivity index (χ0n) is 13.1. The van der Waals surface area contributed by atoms with Gasteiger partial charge >= 0.3 is 0 Å². The Balaban J connectivity index is 1.73. The molecule has 2 saturated carbocycles. The number of ketones is 1. The monoisotopic (exact) mass is 298 g/mol. The minimum absolute atomic E-state index is 0.0958. The Morgan fingerprint density at radius 2 is 1.76 bits per heavy atom. The Bertz CT molecular complexity index is 391. The average molecular weight is 298 g/mol. The van der Waals surface area contributed by atoms with Gasteiger partial charge in [-0.2, -0.15) is 0 Å². The number of carbonyl (C=O) groups is 1. The van der Waals surface area contributed by atoms with Crippen LogP contribution in [0.3, 0.4) is 0 Å². The highest BCUT2D eigenvalue weighted by atomic mass is 16.7. The van der Waals surface area contributed by atoms with Gasteiger partial charge in [0.25, 0.3) is 0 Å². The third-order valence-corrected chi connectivity index (χ3v) is 6.00. The van der Waals surface area contributed by atoms with Crippen molar-refractivity contribution in [3.8, 4) is 0 Å². The van der Waals surface area contributed by atoms with Crippen molar-refractivity contribution in [2.75, 3.05) is 33.7 Å². The number of methoxy groups -OCH3 is 1. The van der Waals surface area contributed by atoms with Gasteiger partial charge in [-0.15, -0.1) is 0 Å². The third kappa shape index (κ3) is 2.44. The Kier molecular flexibility index (Phi) is 4.12. The van der Waals surface area contributed by atoms with E-state index in [0.29, 0.717) is 32.0 Å². The highest BCUT2D eigenvalue weighted by Crippen LogP contribution is 2.59. The fourth-order valence-electron chi connectivity index (χ4n) is 4.23. The van der Waals surface area contributed by atoms with E-state index >= 15 is 0 Å². The zero-order valence-corrected chi connectivity index (χ0v) is 13.1. The van der Waals surface area contributed by atoms with E-state index in [1.807, 2.05) is 0 Å². The molecular weight excluding hydrogens is 272 g/mol. The van der Waals surface area contributed by atoms with E-state index in [0.717, 1.165) is 32.1 Å². The van der Waals surface area contributed by atoms with Gasteiger partial charge in [-0.05, 0) is 19.3 Å². The van der Waals surface area contributed by atoms with Gasteiger partial charge in [-0.1, -0.05) is 6.92 Å². The molecule has 2 aliphatic carbocycles. The first-order valence-corrected chi connectivity index (χ1v) is 7.94. The largest absolute Gasteiger partial charge is 0.359 e. The van der Waals surface area contributed by atoms with Crippen molar-refractivity contribution in [3.05, 3.63) is 0 Å². The molecule has 0 amide bonds. The molecule has 0 aromatic rings. The lowest BCUT2D eigenvalue weighted by atomic mass is 9.49. The van der Waals surface area contributed by atoms with Crippen molar-refractivity contribution in [3.63, 3.8) is 0 Å². The van der Waals surface area contributed by atoms with E-state index in [9.17, 15) is 4.79 Å². The Morgan fingerprint density at radius 3 is 2.24 bits per heavy atom. The molecule has 1 heterocycles. The zero-order chi connectivity index (χ0) is 15.0. The van der Waals surface area contributed by atoms with Crippen LogP contribution >= 0.6 is 0 Å². The number of rotatable bonds is 5. The van der Waals surface area contributed by atoms with Crippen LogP contribution in [0.4, 0.5) is 0 Å². The maximum Gasteiger partial charge on any atom is 0.168 e. The molecule has 21 heavy (non-hydrogen) atoms. The second-order valence-corrected chi connectivity index (χ2v) is 6.90. The molecule has 0 unspecified atom stereocenters. The summed E-state index contributed by atoms with van der Waals surface area (Å²) in [6.07, 6.45) is 5.22. The van der Waals surface area contributed by atoms with Gasteiger partial charge in [-0.3, -0.25) is 4.79 Å². The van der Waals surface area contributed by atoms with Crippen LogP contribution < -0.4 is 0 Å². The van der Waals surface area contributed by atoms with Crippen LogP contribution in [0.2, 0.25) is 0 Å². The summed E-state index contributed by atoms with van der Waals surface area (Å²) in [4.78, 5) is 12.3. The third-order valence-electron chi connectivity index (χ3n) is 6.00. The molecule has 0 N–H and O–H groups in total. The first-order chi connectivity index (χ1) is 10.1. The smallest absolute Gasteiger partial charge is 0.168 e. The lowest BCUT2D eigenvalue weighted by molar-refractivity contribution is -0.220. The fraction of sp³-hybridized carbons (Fsp3) is 0.938. The molecule has 1 spiro atoms. The highest BCUT2D eigenvalue weighted by molar-refractivity contribution is 5.91. The number of hydrogen-bond acceptors (Lipinski definition) is 5. The van der Waals surface area contributed by atoms with Gasteiger partial charge in [0.2, 0.25) is 0 Å². The first kappa shape index (κ1) is 15.4. The second-order valence-electron chi connectivity index (χ2n) is 6.90. The highest BCUT2D eigenvalue weighted by Gasteiger charge is 2.60. The van der Waals surface area contributed by atoms with Gasteiger partial charge in [0, 0.05) is 37.2 Å². The Hall–Kier alpha value is -0.490. The van der Waals surface area contributed by atoms with Crippen molar-refractivity contribution in [1.29, 1.82) is 0 Å². The molecule has 3 fully saturated rings. The molecule has 0 aromatic heterocycles. The van der Waals surface area contributed by atoms with Crippen LogP contribution in [-0.4, -0.2) is 45.3 Å². The van der Waals surface area contributed by atoms with Gasteiger partial charge in [-0.25, -0.2) is 0 Å². The van der Waals surface area contributed by atoms with Gasteiger partial charge in [0.15, 0.2) is 5.79 Å². The lowest BCUT2D eigenvalue weighted by Crippen LogP contribution is -2.57. The topological polar surface area (TPSA) is 54.0 Å². The Labute approximate surface area is 126 Å². The lowest BCUT2D eigenvalue weighted by Gasteiger charge is -2.56. The molecule has 1 atom stereocenters. The van der Waals surface area contributed by atoms with Crippen molar-refractivity contribution in [2.24, 2.45) is 10.8 Å². The van der Waals surface area contributed by atoms with Crippen LogP contribution in [0.15, 0.2) is 0 Å². The number of carbonyl (C=O) groups excluding carboxylic acids is 1. The molecule has 0 aromatic carbocycles. The van der Waals surface area contributed by atoms with Crippen LogP contribution in [0, 0.1) is 10.8 Å². The molecule has 1 aliphatic heterocycles. The van der Waals surface area contributed by atoms with Crippen LogP contribution in [0.25, 0.3) is 0 Å². The van der Waals surface area contributed by atoms with Crippen LogP contribution in [0.1, 0.15) is 45.4 Å². The summed E-state index contributed by atoms with van der Waals surface area (Å²) < 4.78 is 22.3. The van der Waals surface area contributed by atoms with Gasteiger partial charge in [0.1, 0.15) is 12.6 Å². The molecule has 120 valence electrons. The number of ether oxygens (including phenoxy) is 4. The standard InChI is InChI=1S/C16H26O5/c1-14(4-3-13(14)17)15(11-19-12-18-2)5-7-16(8-6-15)20-9-10-21-16/h3-12H2,1-2H3/t14-/m0/s1. The fourth-order valence-corrected chi connectivity index (χ4v) is 4.23. The molecule has 5 nitrogen and oxygen atoms in total. The normalized spacial score (nSPS) is 34.1. The summed E-state index contributed by atoms with van der Waals surface area (Å²) in [5.74, 6) is -0.0128. The quantitative estimate of drug-likeness (QED) is 0.576. The molecule has 5 heteroatoms. The minimum Gasteiger partial charge on any atom is -0.359 e. The summed E-state index contributed by atoms with van der Waals surface area (Å²) >= 11 is 0. The summed E-state index contributed by atoms with van der Waals surface area (Å²) in [6.45, 7) is 4.35. The van der Waals surface area contributed by atoms with Crippen molar-refractivity contribution in [2.45, 2.75) is 51.2 Å². The first-order valence-electron chi connectivity index (χ1n) is 7.94. The maximum atomic E-state index is 12.3. The van der Waals surface area contributed by atoms with E-state index in [1.54, 1.807) is 7.11 Å². The van der Waals surface area contributed by atoms with Crippen LogP contribution in [0.5, 0.6) is 0 Å². The second kappa shape index (κ2) is 5.61. The maximum absolute atomic E-state index is 12.3. The summed E-state index contributed by atoms with van der Waals surface area (Å²) in [7, 11) is 1.62. The van der Waals surface area contributed by atoms with Gasteiger partial charge in [0.05, 0.1) is 19.8 Å². The number of hydrogen-bond donors (Lipinski definition) is 0. The van der Waals surface area contributed by atoms with E-state index in [1.165, 1.54) is 0 Å². The van der Waals surface area contributed by atoms with E-state index in [-0.39, 0.29) is 17.6 Å². The molecular formula is C16H26O5. The average Bonchev–Trinajstić information content (AvgIpc) is 2.96. The van der Waals surface area contributed by atoms with Crippen molar-refractivity contribution < 1.29 is 23.7 Å². The van der Waals surface area contributed by atoms with Crippen molar-refractivity contribution >= 4 is 5.78 Å². The molecule has 1 saturated heterocycles. The predicted molar refractivity (Wildman–Crippen MR) is 75.7 cm³/mol. The molecule has 3 aliphatic rings. The van der Waals surface area contributed by atoms with Gasteiger partial charge < -0.3 is 18.9 Å². The SMILES string of the molecule is COCOCC1([C@@]2(C)CCC2=O)CCC2(CC1)OCCO2. The van der Waals surface area contributed by atoms with E-state index < -0.39 is 5.79 Å². The predicted octanol–water partition coefficient (Wildman–Crippen LogP) is 2.28. The van der Waals surface area contributed by atoms with E-state index in [2.05, 4.69) is 6.92 Å². The van der Waals surface area contributed by atoms with Crippen molar-refractivity contribution in [1.82, 2.24) is 0 Å². The Morgan fingerprint density at radius 1 is 1.10 bits per heavy atom. The molecule has 0 radical (unpaired) electrons. The summed E-state index contributed by atoms with van der Waals surface area (Å²) in [6, 6.07) is 0. The molecule has 3 rings (SSSR count). The molecule has 0 bridgehead atoms. The summed E-state index contributed by atoms with van der Waals surface area (Å²) in [5, 5.41) is 0. The number of Topliss-reactive ketones (excluding diaryl/α,β-unsaturated/α-hetero) is 1. The van der Waals surface area contributed by atoms with E-state index in [4.69, 9.17) is 18.9 Å². The van der Waals surface area contributed by atoms with Crippen LogP contribution in [-0.2, 0) is 23.7 Å². The summed E-state index contributed by atoms with van der Waals surface area (Å²) in [5.41, 5.74) is -0.345.